The van der Waals surface area contributed by atoms with E-state index in [2.05, 4.69) is 30.7 Å². The number of carbonyl (C=O) groups is 1. The van der Waals surface area contributed by atoms with Crippen LogP contribution in [0.3, 0.4) is 0 Å². The van der Waals surface area contributed by atoms with Gasteiger partial charge in [0.15, 0.2) is 5.82 Å². The van der Waals surface area contributed by atoms with Gasteiger partial charge in [0, 0.05) is 18.0 Å². The first kappa shape index (κ1) is 28.3. The molecule has 2 atom stereocenters. The van der Waals surface area contributed by atoms with E-state index in [9.17, 15) is 4.79 Å². The summed E-state index contributed by atoms with van der Waals surface area (Å²) in [5, 5.41) is -0.640. The molecular formula is C29H43ClN2O2. The second-order valence-corrected chi connectivity index (χ2v) is 10.4. The largest absolute Gasteiger partial charge is 0.425 e. The highest BCUT2D eigenvalue weighted by Crippen LogP contribution is 2.24. The summed E-state index contributed by atoms with van der Waals surface area (Å²) < 4.78 is 5.51. The van der Waals surface area contributed by atoms with E-state index in [0.717, 1.165) is 31.2 Å². The fourth-order valence-corrected chi connectivity index (χ4v) is 4.16. The molecule has 0 fully saturated rings. The molecule has 0 bridgehead atoms. The Kier molecular flexibility index (Phi) is 13.2. The molecular weight excluding hydrogens is 444 g/mol. The van der Waals surface area contributed by atoms with E-state index in [1.165, 1.54) is 50.5 Å². The molecule has 5 heteroatoms. The number of benzene rings is 1. The maximum Gasteiger partial charge on any atom is 0.329 e. The van der Waals surface area contributed by atoms with Gasteiger partial charge < -0.3 is 4.74 Å². The zero-order chi connectivity index (χ0) is 24.8. The summed E-state index contributed by atoms with van der Waals surface area (Å²) in [6.07, 6.45) is 17.1. The molecule has 0 unspecified atom stereocenters. The molecule has 0 N–H and O–H groups in total. The number of aromatic nitrogens is 2. The van der Waals surface area contributed by atoms with Crippen molar-refractivity contribution in [1.82, 2.24) is 9.97 Å². The average molecular weight is 487 g/mol. The molecule has 0 aliphatic carbocycles. The number of ether oxygens (including phenoxy) is 1. The lowest BCUT2D eigenvalue weighted by molar-refractivity contribution is -0.134. The van der Waals surface area contributed by atoms with Crippen molar-refractivity contribution in [2.24, 2.45) is 11.8 Å². The second-order valence-electron chi connectivity index (χ2n) is 9.94. The van der Waals surface area contributed by atoms with Crippen molar-refractivity contribution in [2.75, 3.05) is 0 Å². The van der Waals surface area contributed by atoms with Crippen LogP contribution >= 0.6 is 11.6 Å². The van der Waals surface area contributed by atoms with E-state index in [0.29, 0.717) is 17.5 Å². The Bertz CT molecular complexity index is 821. The highest BCUT2D eigenvalue weighted by molar-refractivity contribution is 6.30. The Balaban J connectivity index is 1.78. The lowest BCUT2D eigenvalue weighted by Gasteiger charge is -2.17. The van der Waals surface area contributed by atoms with Crippen molar-refractivity contribution in [3.8, 4) is 17.1 Å². The number of esters is 1. The average Bonchev–Trinajstić information content (AvgIpc) is 2.83. The van der Waals surface area contributed by atoms with Crippen molar-refractivity contribution < 1.29 is 9.53 Å². The normalized spacial score (nSPS) is 13.1. The fourth-order valence-electron chi connectivity index (χ4n) is 3.99. The first-order valence-electron chi connectivity index (χ1n) is 13.2. The van der Waals surface area contributed by atoms with E-state index in [1.807, 2.05) is 31.5 Å². The molecule has 0 saturated heterocycles. The minimum Gasteiger partial charge on any atom is -0.425 e. The number of alkyl halides is 1. The standard InChI is InChI=1S/C29H43ClN2O2/c1-5-6-7-8-9-10-11-15-24-20-31-28(32-21-24)25-16-18-26(19-17-25)34-29(33)27(30)23(4)14-12-13-22(2)3/h16-23,27H,5-15H2,1-4H3/t23-,27-/m0/s1. The van der Waals surface area contributed by atoms with Crippen LogP contribution in [0.5, 0.6) is 5.75 Å². The number of aryl methyl sites for hydroxylation is 1. The van der Waals surface area contributed by atoms with Crippen LogP contribution in [0.4, 0.5) is 0 Å². The van der Waals surface area contributed by atoms with Gasteiger partial charge in [0.25, 0.3) is 0 Å². The molecule has 1 aromatic heterocycles. The van der Waals surface area contributed by atoms with Crippen LogP contribution in [0.15, 0.2) is 36.7 Å². The van der Waals surface area contributed by atoms with Crippen LogP contribution in [0.25, 0.3) is 11.4 Å². The maximum absolute atomic E-state index is 12.4. The molecule has 188 valence electrons. The predicted molar refractivity (Wildman–Crippen MR) is 142 cm³/mol. The van der Waals surface area contributed by atoms with E-state index in [1.54, 1.807) is 12.1 Å². The van der Waals surface area contributed by atoms with Gasteiger partial charge in [0.05, 0.1) is 0 Å². The summed E-state index contributed by atoms with van der Waals surface area (Å²) in [6, 6.07) is 7.30. The minimum absolute atomic E-state index is 0.0835. The van der Waals surface area contributed by atoms with Crippen molar-refractivity contribution in [3.63, 3.8) is 0 Å². The molecule has 0 saturated carbocycles. The van der Waals surface area contributed by atoms with Crippen LogP contribution in [0.2, 0.25) is 0 Å². The molecule has 0 spiro atoms. The molecule has 2 rings (SSSR count). The molecule has 0 radical (unpaired) electrons. The topological polar surface area (TPSA) is 52.1 Å². The number of carbonyl (C=O) groups excluding carboxylic acids is 1. The molecule has 2 aromatic rings. The summed E-state index contributed by atoms with van der Waals surface area (Å²) in [7, 11) is 0. The van der Waals surface area contributed by atoms with E-state index >= 15 is 0 Å². The van der Waals surface area contributed by atoms with Crippen molar-refractivity contribution in [2.45, 2.75) is 104 Å². The molecule has 1 aromatic carbocycles. The van der Waals surface area contributed by atoms with Crippen molar-refractivity contribution >= 4 is 17.6 Å². The summed E-state index contributed by atoms with van der Waals surface area (Å²) in [5.41, 5.74) is 2.07. The van der Waals surface area contributed by atoms with Gasteiger partial charge in [-0.2, -0.15) is 0 Å². The predicted octanol–water partition coefficient (Wildman–Crippen LogP) is 8.41. The Morgan fingerprint density at radius 3 is 2.12 bits per heavy atom. The van der Waals surface area contributed by atoms with E-state index < -0.39 is 11.3 Å². The molecule has 0 amide bonds. The van der Waals surface area contributed by atoms with Gasteiger partial charge in [0.2, 0.25) is 0 Å². The summed E-state index contributed by atoms with van der Waals surface area (Å²) in [5.74, 6) is 1.52. The maximum atomic E-state index is 12.4. The monoisotopic (exact) mass is 486 g/mol. The number of rotatable bonds is 16. The Morgan fingerprint density at radius 2 is 1.50 bits per heavy atom. The highest BCUT2D eigenvalue weighted by atomic mass is 35.5. The van der Waals surface area contributed by atoms with Crippen LogP contribution in [0.1, 0.15) is 97.5 Å². The quantitative estimate of drug-likeness (QED) is 0.103. The SMILES string of the molecule is CCCCCCCCCc1cnc(-c2ccc(OC(=O)[C@@H](Cl)[C@@H](C)CCCC(C)C)cc2)nc1. The second kappa shape index (κ2) is 15.9. The summed E-state index contributed by atoms with van der Waals surface area (Å²) in [6.45, 7) is 8.67. The first-order valence-corrected chi connectivity index (χ1v) is 13.6. The van der Waals surface area contributed by atoms with Gasteiger partial charge in [0.1, 0.15) is 11.1 Å². The smallest absolute Gasteiger partial charge is 0.329 e. The van der Waals surface area contributed by atoms with Gasteiger partial charge >= 0.3 is 5.97 Å². The van der Waals surface area contributed by atoms with Crippen molar-refractivity contribution in [1.29, 1.82) is 0 Å². The third-order valence-corrected chi connectivity index (χ3v) is 6.88. The third kappa shape index (κ3) is 10.5. The van der Waals surface area contributed by atoms with Crippen LogP contribution in [0, 0.1) is 11.8 Å². The minimum atomic E-state index is -0.640. The summed E-state index contributed by atoms with van der Waals surface area (Å²) in [4.78, 5) is 21.5. The number of hydrogen-bond acceptors (Lipinski definition) is 4. The Labute approximate surface area is 211 Å². The lowest BCUT2D eigenvalue weighted by Crippen LogP contribution is -2.27. The Morgan fingerprint density at radius 1 is 0.882 bits per heavy atom. The van der Waals surface area contributed by atoms with Crippen LogP contribution in [-0.2, 0) is 11.2 Å². The molecule has 4 nitrogen and oxygen atoms in total. The van der Waals surface area contributed by atoms with Crippen molar-refractivity contribution in [3.05, 3.63) is 42.2 Å². The fraction of sp³-hybridized carbons (Fsp3) is 0.621. The first-order chi connectivity index (χ1) is 16.4. The van der Waals surface area contributed by atoms with Gasteiger partial charge in [-0.3, -0.25) is 4.79 Å². The zero-order valence-corrected chi connectivity index (χ0v) is 22.3. The molecule has 1 heterocycles. The van der Waals surface area contributed by atoms with Gasteiger partial charge in [-0.25, -0.2) is 9.97 Å². The van der Waals surface area contributed by atoms with E-state index in [-0.39, 0.29) is 5.92 Å². The van der Waals surface area contributed by atoms with Crippen LogP contribution in [-0.4, -0.2) is 21.3 Å². The van der Waals surface area contributed by atoms with Crippen LogP contribution < -0.4 is 4.74 Å². The van der Waals surface area contributed by atoms with Gasteiger partial charge in [-0.15, -0.1) is 11.6 Å². The number of unbranched alkanes of at least 4 members (excludes halogenated alkanes) is 6. The molecule has 0 aliphatic heterocycles. The zero-order valence-electron chi connectivity index (χ0n) is 21.6. The van der Waals surface area contributed by atoms with Gasteiger partial charge in [-0.1, -0.05) is 79.1 Å². The Hall–Kier alpha value is -1.94. The summed E-state index contributed by atoms with van der Waals surface area (Å²) >= 11 is 6.37. The lowest BCUT2D eigenvalue weighted by atomic mass is 9.97. The van der Waals surface area contributed by atoms with E-state index in [4.69, 9.17) is 16.3 Å². The number of hydrogen-bond donors (Lipinski definition) is 0. The highest BCUT2D eigenvalue weighted by Gasteiger charge is 2.24. The molecule has 0 aliphatic rings. The number of nitrogens with zero attached hydrogens (tertiary/aromatic N) is 2. The van der Waals surface area contributed by atoms with Gasteiger partial charge in [-0.05, 0) is 60.9 Å². The third-order valence-electron chi connectivity index (χ3n) is 6.27. The molecule has 34 heavy (non-hydrogen) atoms. The number of halogens is 1.